The number of hydrogen-bond donors (Lipinski definition) is 1. The van der Waals surface area contributed by atoms with E-state index in [2.05, 4.69) is 10.4 Å². The molecule has 2 aromatic rings. The number of piperidine rings is 1. The predicted molar refractivity (Wildman–Crippen MR) is 110 cm³/mol. The molecule has 6 nitrogen and oxygen atoms in total. The Morgan fingerprint density at radius 3 is 2.61 bits per heavy atom. The molecule has 1 aromatic carbocycles. The molecule has 2 heterocycles. The zero-order valence-electron chi connectivity index (χ0n) is 16.6. The van der Waals surface area contributed by atoms with Crippen LogP contribution in [0.15, 0.2) is 30.5 Å². The van der Waals surface area contributed by atoms with Crippen LogP contribution in [0.25, 0.3) is 5.69 Å². The second-order valence-electron chi connectivity index (χ2n) is 7.48. The molecule has 1 aliphatic rings. The van der Waals surface area contributed by atoms with Gasteiger partial charge in [-0.15, -0.1) is 0 Å². The first-order chi connectivity index (χ1) is 13.4. The molecular formula is C21H27ClN4O2. The zero-order chi connectivity index (χ0) is 20.3. The number of carbonyl (C=O) groups excluding carboxylic acids is 2. The quantitative estimate of drug-likeness (QED) is 0.832. The molecule has 7 heteroatoms. The van der Waals surface area contributed by atoms with E-state index in [1.165, 1.54) is 0 Å². The molecule has 3 rings (SSSR count). The minimum atomic E-state index is -0.112. The smallest absolute Gasteiger partial charge is 0.254 e. The third kappa shape index (κ3) is 4.38. The molecule has 0 unspecified atom stereocenters. The van der Waals surface area contributed by atoms with Crippen LogP contribution in [0.2, 0.25) is 5.02 Å². The van der Waals surface area contributed by atoms with Crippen molar-refractivity contribution in [2.75, 3.05) is 13.1 Å². The summed E-state index contributed by atoms with van der Waals surface area (Å²) in [6, 6.07) is 7.50. The average molecular weight is 403 g/mol. The predicted octanol–water partition coefficient (Wildman–Crippen LogP) is 3.46. The summed E-state index contributed by atoms with van der Waals surface area (Å²) in [7, 11) is 0. The van der Waals surface area contributed by atoms with Crippen molar-refractivity contribution in [1.29, 1.82) is 0 Å². The van der Waals surface area contributed by atoms with E-state index in [0.717, 1.165) is 24.2 Å². The molecule has 0 saturated carbocycles. The first-order valence-electron chi connectivity index (χ1n) is 9.83. The Morgan fingerprint density at radius 1 is 1.29 bits per heavy atom. The van der Waals surface area contributed by atoms with Gasteiger partial charge in [-0.25, -0.2) is 4.68 Å². The molecule has 0 atom stereocenters. The lowest BCUT2D eigenvalue weighted by Crippen LogP contribution is -2.47. The van der Waals surface area contributed by atoms with Crippen molar-refractivity contribution in [3.63, 3.8) is 0 Å². The number of halogens is 1. The van der Waals surface area contributed by atoms with Crippen LogP contribution in [0.1, 0.15) is 49.7 Å². The summed E-state index contributed by atoms with van der Waals surface area (Å²) >= 11 is 6.09. The lowest BCUT2D eigenvalue weighted by Gasteiger charge is -2.33. The highest BCUT2D eigenvalue weighted by Gasteiger charge is 2.26. The van der Waals surface area contributed by atoms with Crippen LogP contribution in [0.3, 0.4) is 0 Å². The summed E-state index contributed by atoms with van der Waals surface area (Å²) in [5.74, 6) is 0.0789. The number of nitrogens with zero attached hydrogens (tertiary/aromatic N) is 3. The Bertz CT molecular complexity index is 854. The minimum absolute atomic E-state index is 0.00980. The van der Waals surface area contributed by atoms with Crippen LogP contribution in [0.4, 0.5) is 0 Å². The van der Waals surface area contributed by atoms with Crippen LogP contribution >= 0.6 is 11.6 Å². The highest BCUT2D eigenvalue weighted by Crippen LogP contribution is 2.20. The van der Waals surface area contributed by atoms with Crippen LogP contribution in [0, 0.1) is 5.92 Å². The third-order valence-electron chi connectivity index (χ3n) is 5.14. The Labute approximate surface area is 170 Å². The van der Waals surface area contributed by atoms with E-state index in [4.69, 9.17) is 11.6 Å². The summed E-state index contributed by atoms with van der Waals surface area (Å²) in [6.07, 6.45) is 3.84. The van der Waals surface area contributed by atoms with Gasteiger partial charge in [0.1, 0.15) is 0 Å². The maximum atomic E-state index is 12.9. The largest absolute Gasteiger partial charge is 0.349 e. The van der Waals surface area contributed by atoms with Crippen molar-refractivity contribution in [1.82, 2.24) is 20.0 Å². The SMILES string of the molecule is CCc1c(C(=O)NC2CCN(C(=O)C(C)C)CC2)cnn1-c1cccc(Cl)c1. The molecule has 0 radical (unpaired) electrons. The second kappa shape index (κ2) is 8.78. The molecule has 1 aliphatic heterocycles. The van der Waals surface area contributed by atoms with Crippen LogP contribution in [-0.2, 0) is 11.2 Å². The Kier molecular flexibility index (Phi) is 6.39. The van der Waals surface area contributed by atoms with Crippen LogP contribution in [0.5, 0.6) is 0 Å². The molecule has 28 heavy (non-hydrogen) atoms. The maximum absolute atomic E-state index is 12.9. The number of hydrogen-bond acceptors (Lipinski definition) is 3. The summed E-state index contributed by atoms with van der Waals surface area (Å²) in [5.41, 5.74) is 2.28. The van der Waals surface area contributed by atoms with Crippen molar-refractivity contribution >= 4 is 23.4 Å². The summed E-state index contributed by atoms with van der Waals surface area (Å²) in [4.78, 5) is 26.9. The third-order valence-corrected chi connectivity index (χ3v) is 5.37. The number of likely N-dealkylation sites (tertiary alicyclic amines) is 1. The van der Waals surface area contributed by atoms with Gasteiger partial charge in [0.05, 0.1) is 23.1 Å². The number of rotatable bonds is 5. The molecule has 1 fully saturated rings. The molecule has 1 aromatic heterocycles. The molecule has 2 amide bonds. The van der Waals surface area contributed by atoms with E-state index in [9.17, 15) is 9.59 Å². The highest BCUT2D eigenvalue weighted by atomic mass is 35.5. The molecule has 1 saturated heterocycles. The monoisotopic (exact) mass is 402 g/mol. The van der Waals surface area contributed by atoms with Gasteiger partial charge in [0.15, 0.2) is 0 Å². The van der Waals surface area contributed by atoms with Gasteiger partial charge >= 0.3 is 0 Å². The number of benzene rings is 1. The lowest BCUT2D eigenvalue weighted by atomic mass is 10.0. The van der Waals surface area contributed by atoms with E-state index in [1.54, 1.807) is 10.9 Å². The summed E-state index contributed by atoms with van der Waals surface area (Å²) < 4.78 is 1.77. The highest BCUT2D eigenvalue weighted by molar-refractivity contribution is 6.30. The molecule has 0 aliphatic carbocycles. The number of carbonyl (C=O) groups is 2. The fourth-order valence-electron chi connectivity index (χ4n) is 3.61. The van der Waals surface area contributed by atoms with Crippen molar-refractivity contribution < 1.29 is 9.59 Å². The van der Waals surface area contributed by atoms with Crippen molar-refractivity contribution in [2.45, 2.75) is 46.1 Å². The summed E-state index contributed by atoms with van der Waals surface area (Å²) in [5, 5.41) is 8.16. The number of aromatic nitrogens is 2. The Hall–Kier alpha value is -2.34. The molecule has 1 N–H and O–H groups in total. The standard InChI is InChI=1S/C21H27ClN4O2/c1-4-19-18(13-23-26(19)17-7-5-6-15(22)12-17)20(27)24-16-8-10-25(11-9-16)21(28)14(2)3/h5-7,12-14,16H,4,8-11H2,1-3H3,(H,24,27). The van der Waals surface area contributed by atoms with E-state index in [-0.39, 0.29) is 23.8 Å². The van der Waals surface area contributed by atoms with Gasteiger partial charge in [-0.1, -0.05) is 38.4 Å². The van der Waals surface area contributed by atoms with Gasteiger partial charge in [-0.3, -0.25) is 9.59 Å². The van der Waals surface area contributed by atoms with Gasteiger partial charge in [0.2, 0.25) is 5.91 Å². The fourth-order valence-corrected chi connectivity index (χ4v) is 3.79. The topological polar surface area (TPSA) is 67.2 Å². The minimum Gasteiger partial charge on any atom is -0.349 e. The normalized spacial score (nSPS) is 15.1. The number of nitrogens with one attached hydrogen (secondary N) is 1. The average Bonchev–Trinajstić information content (AvgIpc) is 3.12. The van der Waals surface area contributed by atoms with Crippen molar-refractivity contribution in [3.05, 3.63) is 46.7 Å². The first kappa shape index (κ1) is 20.4. The Balaban J connectivity index is 1.68. The first-order valence-corrected chi connectivity index (χ1v) is 10.2. The zero-order valence-corrected chi connectivity index (χ0v) is 17.4. The molecule has 0 bridgehead atoms. The second-order valence-corrected chi connectivity index (χ2v) is 7.91. The van der Waals surface area contributed by atoms with Gasteiger partial charge in [0.25, 0.3) is 5.91 Å². The fraction of sp³-hybridized carbons (Fsp3) is 0.476. The van der Waals surface area contributed by atoms with E-state index in [1.807, 2.05) is 49.9 Å². The van der Waals surface area contributed by atoms with Gasteiger partial charge in [0, 0.05) is 30.1 Å². The molecule has 0 spiro atoms. The van der Waals surface area contributed by atoms with Crippen LogP contribution in [-0.4, -0.2) is 45.6 Å². The maximum Gasteiger partial charge on any atom is 0.254 e. The number of amides is 2. The van der Waals surface area contributed by atoms with Crippen molar-refractivity contribution in [3.8, 4) is 5.69 Å². The van der Waals surface area contributed by atoms with Crippen molar-refractivity contribution in [2.24, 2.45) is 5.92 Å². The van der Waals surface area contributed by atoms with Gasteiger partial charge < -0.3 is 10.2 Å². The summed E-state index contributed by atoms with van der Waals surface area (Å²) in [6.45, 7) is 7.21. The van der Waals surface area contributed by atoms with E-state index >= 15 is 0 Å². The van der Waals surface area contributed by atoms with Gasteiger partial charge in [-0.2, -0.15) is 5.10 Å². The lowest BCUT2D eigenvalue weighted by molar-refractivity contribution is -0.135. The molecular weight excluding hydrogens is 376 g/mol. The van der Waals surface area contributed by atoms with Gasteiger partial charge in [-0.05, 0) is 37.5 Å². The molecule has 150 valence electrons. The van der Waals surface area contributed by atoms with E-state index in [0.29, 0.717) is 30.1 Å². The Morgan fingerprint density at radius 2 is 2.00 bits per heavy atom. The van der Waals surface area contributed by atoms with E-state index < -0.39 is 0 Å². The van der Waals surface area contributed by atoms with Crippen LogP contribution < -0.4 is 5.32 Å².